The normalized spacial score (nSPS) is 10.8. The SMILES string of the molecule is O=C(/C=C/c1ccc(I)cc1)c1ccc(F)cc1. The Morgan fingerprint density at radius 1 is 1.00 bits per heavy atom. The van der Waals surface area contributed by atoms with E-state index in [-0.39, 0.29) is 11.6 Å². The van der Waals surface area contributed by atoms with Gasteiger partial charge in [-0.05, 0) is 70.6 Å². The van der Waals surface area contributed by atoms with Gasteiger partial charge in [0.15, 0.2) is 5.78 Å². The summed E-state index contributed by atoms with van der Waals surface area (Å²) in [6, 6.07) is 13.4. The average molecular weight is 352 g/mol. The molecule has 0 amide bonds. The van der Waals surface area contributed by atoms with E-state index in [0.717, 1.165) is 9.13 Å². The van der Waals surface area contributed by atoms with Crippen LogP contribution in [0.2, 0.25) is 0 Å². The van der Waals surface area contributed by atoms with E-state index in [1.807, 2.05) is 24.3 Å². The van der Waals surface area contributed by atoms with Gasteiger partial charge in [0.1, 0.15) is 5.82 Å². The van der Waals surface area contributed by atoms with Gasteiger partial charge in [-0.3, -0.25) is 4.79 Å². The van der Waals surface area contributed by atoms with E-state index in [2.05, 4.69) is 22.6 Å². The van der Waals surface area contributed by atoms with Gasteiger partial charge in [-0.1, -0.05) is 18.2 Å². The lowest BCUT2D eigenvalue weighted by molar-refractivity contribution is 0.104. The minimum Gasteiger partial charge on any atom is -0.289 e. The standard InChI is InChI=1S/C15H10FIO/c16-13-6-4-12(5-7-13)15(18)10-3-11-1-8-14(17)9-2-11/h1-10H/b10-3+. The predicted octanol–water partition coefficient (Wildman–Crippen LogP) is 4.33. The van der Waals surface area contributed by atoms with Crippen LogP contribution >= 0.6 is 22.6 Å². The number of rotatable bonds is 3. The molecule has 0 unspecified atom stereocenters. The Balaban J connectivity index is 2.11. The summed E-state index contributed by atoms with van der Waals surface area (Å²) in [7, 11) is 0. The molecule has 0 aliphatic heterocycles. The van der Waals surface area contributed by atoms with Crippen molar-refractivity contribution >= 4 is 34.5 Å². The van der Waals surface area contributed by atoms with E-state index < -0.39 is 0 Å². The lowest BCUT2D eigenvalue weighted by Crippen LogP contribution is -1.93. The Kier molecular flexibility index (Phi) is 4.25. The fourth-order valence-corrected chi connectivity index (χ4v) is 1.82. The van der Waals surface area contributed by atoms with Crippen LogP contribution in [0.4, 0.5) is 4.39 Å². The van der Waals surface area contributed by atoms with Crippen molar-refractivity contribution in [2.45, 2.75) is 0 Å². The molecule has 0 radical (unpaired) electrons. The second-order valence-electron chi connectivity index (χ2n) is 3.76. The summed E-state index contributed by atoms with van der Waals surface area (Å²) in [5.41, 5.74) is 1.45. The second-order valence-corrected chi connectivity index (χ2v) is 5.00. The van der Waals surface area contributed by atoms with Crippen LogP contribution in [0, 0.1) is 9.39 Å². The average Bonchev–Trinajstić information content (AvgIpc) is 2.38. The summed E-state index contributed by atoms with van der Waals surface area (Å²) < 4.78 is 13.9. The molecule has 0 spiro atoms. The first-order valence-electron chi connectivity index (χ1n) is 5.39. The monoisotopic (exact) mass is 352 g/mol. The van der Waals surface area contributed by atoms with Crippen LogP contribution in [0.1, 0.15) is 15.9 Å². The molecule has 18 heavy (non-hydrogen) atoms. The van der Waals surface area contributed by atoms with Crippen LogP contribution in [0.3, 0.4) is 0 Å². The smallest absolute Gasteiger partial charge is 0.185 e. The van der Waals surface area contributed by atoms with E-state index in [9.17, 15) is 9.18 Å². The molecule has 0 bridgehead atoms. The second kappa shape index (κ2) is 5.91. The maximum Gasteiger partial charge on any atom is 0.185 e. The van der Waals surface area contributed by atoms with Gasteiger partial charge >= 0.3 is 0 Å². The molecule has 2 aromatic rings. The first-order valence-corrected chi connectivity index (χ1v) is 6.46. The molecular formula is C15H10FIO. The molecule has 0 saturated carbocycles. The number of carbonyl (C=O) groups excluding carboxylic acids is 1. The molecular weight excluding hydrogens is 342 g/mol. The van der Waals surface area contributed by atoms with Crippen LogP contribution in [-0.4, -0.2) is 5.78 Å². The van der Waals surface area contributed by atoms with Crippen LogP contribution < -0.4 is 0 Å². The summed E-state index contributed by atoms with van der Waals surface area (Å²) >= 11 is 2.22. The number of hydrogen-bond acceptors (Lipinski definition) is 1. The molecule has 0 atom stereocenters. The Morgan fingerprint density at radius 2 is 1.61 bits per heavy atom. The van der Waals surface area contributed by atoms with Gasteiger partial charge in [-0.15, -0.1) is 0 Å². The topological polar surface area (TPSA) is 17.1 Å². The third-order valence-electron chi connectivity index (χ3n) is 2.43. The number of ketones is 1. The molecule has 0 aliphatic rings. The van der Waals surface area contributed by atoms with Crippen LogP contribution in [0.25, 0.3) is 6.08 Å². The summed E-state index contributed by atoms with van der Waals surface area (Å²) in [4.78, 5) is 11.8. The predicted molar refractivity (Wildman–Crippen MR) is 78.9 cm³/mol. The number of halogens is 2. The van der Waals surface area contributed by atoms with Gasteiger partial charge in [-0.2, -0.15) is 0 Å². The Hall–Kier alpha value is -1.49. The zero-order chi connectivity index (χ0) is 13.0. The first-order chi connectivity index (χ1) is 8.65. The molecule has 0 aromatic heterocycles. The molecule has 3 heteroatoms. The van der Waals surface area contributed by atoms with E-state index in [0.29, 0.717) is 5.56 Å². The summed E-state index contributed by atoms with van der Waals surface area (Å²) in [6.07, 6.45) is 3.25. The number of hydrogen-bond donors (Lipinski definition) is 0. The molecule has 0 aliphatic carbocycles. The van der Waals surface area contributed by atoms with Crippen molar-refractivity contribution in [2.24, 2.45) is 0 Å². The van der Waals surface area contributed by atoms with E-state index >= 15 is 0 Å². The zero-order valence-corrected chi connectivity index (χ0v) is 11.6. The van der Waals surface area contributed by atoms with Crippen molar-refractivity contribution < 1.29 is 9.18 Å². The number of benzene rings is 2. The third-order valence-corrected chi connectivity index (χ3v) is 3.15. The minimum absolute atomic E-state index is 0.131. The summed E-state index contributed by atoms with van der Waals surface area (Å²) in [6.45, 7) is 0. The highest BCUT2D eigenvalue weighted by atomic mass is 127. The minimum atomic E-state index is -0.340. The molecule has 1 nitrogen and oxygen atoms in total. The molecule has 90 valence electrons. The fraction of sp³-hybridized carbons (Fsp3) is 0. The van der Waals surface area contributed by atoms with Gasteiger partial charge in [0.2, 0.25) is 0 Å². The van der Waals surface area contributed by atoms with E-state index in [1.165, 1.54) is 30.3 Å². The maximum absolute atomic E-state index is 12.7. The Labute approximate surface area is 118 Å². The number of allylic oxidation sites excluding steroid dienone is 1. The van der Waals surface area contributed by atoms with Crippen molar-refractivity contribution in [2.75, 3.05) is 0 Å². The molecule has 2 aromatic carbocycles. The van der Waals surface area contributed by atoms with Crippen molar-refractivity contribution in [1.29, 1.82) is 0 Å². The first kappa shape index (κ1) is 13.0. The van der Waals surface area contributed by atoms with Gasteiger partial charge in [-0.25, -0.2) is 4.39 Å². The van der Waals surface area contributed by atoms with Crippen molar-refractivity contribution in [3.05, 3.63) is 75.1 Å². The molecule has 2 rings (SSSR count). The third kappa shape index (κ3) is 3.50. The van der Waals surface area contributed by atoms with E-state index in [1.54, 1.807) is 6.08 Å². The molecule has 0 fully saturated rings. The van der Waals surface area contributed by atoms with Gasteiger partial charge in [0, 0.05) is 9.13 Å². The Morgan fingerprint density at radius 3 is 2.22 bits per heavy atom. The quantitative estimate of drug-likeness (QED) is 0.457. The molecule has 0 N–H and O–H groups in total. The molecule has 0 saturated heterocycles. The van der Waals surface area contributed by atoms with Crippen molar-refractivity contribution in [3.63, 3.8) is 0 Å². The highest BCUT2D eigenvalue weighted by Gasteiger charge is 2.01. The van der Waals surface area contributed by atoms with Crippen LogP contribution in [-0.2, 0) is 0 Å². The summed E-state index contributed by atoms with van der Waals surface area (Å²) in [5.74, 6) is -0.471. The van der Waals surface area contributed by atoms with Gasteiger partial charge in [0.05, 0.1) is 0 Å². The van der Waals surface area contributed by atoms with Crippen LogP contribution in [0.15, 0.2) is 54.6 Å². The summed E-state index contributed by atoms with van der Waals surface area (Å²) in [5, 5.41) is 0. The Bertz CT molecular complexity index is 570. The van der Waals surface area contributed by atoms with Crippen molar-refractivity contribution in [1.82, 2.24) is 0 Å². The zero-order valence-electron chi connectivity index (χ0n) is 9.44. The van der Waals surface area contributed by atoms with Crippen LogP contribution in [0.5, 0.6) is 0 Å². The maximum atomic E-state index is 12.7. The highest BCUT2D eigenvalue weighted by molar-refractivity contribution is 14.1. The van der Waals surface area contributed by atoms with Crippen molar-refractivity contribution in [3.8, 4) is 0 Å². The van der Waals surface area contributed by atoms with Gasteiger partial charge in [0.25, 0.3) is 0 Å². The lowest BCUT2D eigenvalue weighted by atomic mass is 10.1. The van der Waals surface area contributed by atoms with Gasteiger partial charge < -0.3 is 0 Å². The highest BCUT2D eigenvalue weighted by Crippen LogP contribution is 2.10. The molecule has 0 heterocycles. The largest absolute Gasteiger partial charge is 0.289 e. The lowest BCUT2D eigenvalue weighted by Gasteiger charge is -1.96. The fourth-order valence-electron chi connectivity index (χ4n) is 1.46. The number of carbonyl (C=O) groups is 1. The van der Waals surface area contributed by atoms with E-state index in [4.69, 9.17) is 0 Å².